The second-order valence-corrected chi connectivity index (χ2v) is 12.3. The van der Waals surface area contributed by atoms with Gasteiger partial charge in [-0.05, 0) is 67.3 Å². The molecule has 0 heterocycles. The Labute approximate surface area is 277 Å². The summed E-state index contributed by atoms with van der Waals surface area (Å²) in [4.78, 5) is 68.0. The van der Waals surface area contributed by atoms with Gasteiger partial charge in [0.2, 0.25) is 5.91 Å². The smallest absolute Gasteiger partial charge is 0.407 e. The number of carbonyl (C=O) groups excluding carboxylic acids is 4. The van der Waals surface area contributed by atoms with Crippen molar-refractivity contribution in [3.8, 4) is 0 Å². The number of aliphatic carboxylic acids is 2. The van der Waals surface area contributed by atoms with E-state index in [0.717, 1.165) is 12.8 Å². The van der Waals surface area contributed by atoms with E-state index in [-0.39, 0.29) is 24.8 Å². The van der Waals surface area contributed by atoms with Crippen LogP contribution >= 0.6 is 0 Å². The van der Waals surface area contributed by atoms with Crippen LogP contribution in [0.15, 0.2) is 0 Å². The molecule has 0 aliphatic heterocycles. The first kappa shape index (κ1) is 45.6. The lowest BCUT2D eigenvalue weighted by atomic mass is 10.0. The van der Waals surface area contributed by atoms with Crippen molar-refractivity contribution in [2.24, 2.45) is 11.5 Å². The molecule has 274 valence electrons. The molecule has 0 aromatic rings. The normalized spacial score (nSPS) is 11.7. The summed E-state index contributed by atoms with van der Waals surface area (Å²) < 4.78 is 20.8. The zero-order valence-electron chi connectivity index (χ0n) is 28.8. The molecule has 0 aromatic carbocycles. The monoisotopic (exact) mass is 679 g/mol. The highest BCUT2D eigenvalue weighted by Crippen LogP contribution is 2.07. The number of nitrogens with zero attached hydrogens (tertiary/aromatic N) is 1. The van der Waals surface area contributed by atoms with Gasteiger partial charge in [-0.3, -0.25) is 19.2 Å². The Hall–Kier alpha value is -3.54. The van der Waals surface area contributed by atoms with Crippen molar-refractivity contribution in [2.75, 3.05) is 59.2 Å². The predicted octanol–water partition coefficient (Wildman–Crippen LogP) is 1.25. The molecule has 0 aliphatic rings. The van der Waals surface area contributed by atoms with Gasteiger partial charge in [-0.25, -0.2) is 9.59 Å². The van der Waals surface area contributed by atoms with Gasteiger partial charge < -0.3 is 56.2 Å². The second kappa shape index (κ2) is 25.5. The first-order valence-corrected chi connectivity index (χ1v) is 15.6. The highest BCUT2D eigenvalue weighted by Gasteiger charge is 2.21. The minimum absolute atomic E-state index is 0.0788. The minimum Gasteiger partial charge on any atom is -0.480 e. The number of unbranched alkanes of at least 4 members (excludes halogenated alkanes) is 1. The van der Waals surface area contributed by atoms with Crippen molar-refractivity contribution in [3.05, 3.63) is 0 Å². The van der Waals surface area contributed by atoms with E-state index >= 15 is 0 Å². The number of alkyl carbamates (subject to hydrolysis) is 2. The fraction of sp³-hybridized carbons (Fsp3) is 0.800. The van der Waals surface area contributed by atoms with Crippen LogP contribution in [0.3, 0.4) is 0 Å². The molecule has 8 N–H and O–H groups in total. The number of ketones is 1. The maximum atomic E-state index is 11.8. The van der Waals surface area contributed by atoms with Crippen LogP contribution in [0.5, 0.6) is 0 Å². The fourth-order valence-corrected chi connectivity index (χ4v) is 3.37. The summed E-state index contributed by atoms with van der Waals surface area (Å²) in [6.45, 7) is 11.7. The molecule has 17 nitrogen and oxygen atoms in total. The van der Waals surface area contributed by atoms with Crippen molar-refractivity contribution in [1.29, 1.82) is 0 Å². The second-order valence-electron chi connectivity index (χ2n) is 12.3. The summed E-state index contributed by atoms with van der Waals surface area (Å²) in [5.74, 6) is -3.24. The molecule has 3 amide bonds. The first-order chi connectivity index (χ1) is 21.8. The summed E-state index contributed by atoms with van der Waals surface area (Å²) in [6.07, 6.45) is 2.19. The van der Waals surface area contributed by atoms with Crippen molar-refractivity contribution in [3.63, 3.8) is 0 Å². The number of carboxylic acids is 2. The molecule has 0 aliphatic carbocycles. The van der Waals surface area contributed by atoms with Crippen LogP contribution < -0.4 is 22.1 Å². The number of nitrogens with one attached hydrogen (secondary N) is 2. The Morgan fingerprint density at radius 1 is 0.702 bits per heavy atom. The van der Waals surface area contributed by atoms with E-state index in [1.807, 2.05) is 20.8 Å². The largest absolute Gasteiger partial charge is 0.480 e. The van der Waals surface area contributed by atoms with Crippen LogP contribution in [0.25, 0.3) is 0 Å². The molecule has 0 aromatic heterocycles. The molecule has 0 fully saturated rings. The number of carbonyl (C=O) groups is 6. The van der Waals surface area contributed by atoms with E-state index in [4.69, 9.17) is 40.6 Å². The summed E-state index contributed by atoms with van der Waals surface area (Å²) in [5, 5.41) is 22.2. The van der Waals surface area contributed by atoms with Crippen molar-refractivity contribution < 1.29 is 57.9 Å². The molecule has 0 radical (unpaired) electrons. The topological polar surface area (TPSA) is 259 Å². The van der Waals surface area contributed by atoms with Crippen molar-refractivity contribution in [2.45, 2.75) is 97.3 Å². The van der Waals surface area contributed by atoms with Crippen LogP contribution in [0.2, 0.25) is 0 Å². The van der Waals surface area contributed by atoms with E-state index in [0.29, 0.717) is 63.7 Å². The first-order valence-electron chi connectivity index (χ1n) is 15.6. The Kier molecular flexibility index (Phi) is 24.8. The highest BCUT2D eigenvalue weighted by molar-refractivity contribution is 5.85. The summed E-state index contributed by atoms with van der Waals surface area (Å²) in [7, 11) is 0. The fourth-order valence-electron chi connectivity index (χ4n) is 3.37. The number of amides is 3. The number of carboxylic acid groups (broad SMARTS) is 2. The molecule has 0 spiro atoms. The number of hydrogen-bond donors (Lipinski definition) is 6. The van der Waals surface area contributed by atoms with Crippen molar-refractivity contribution in [1.82, 2.24) is 15.5 Å². The molecule has 0 saturated carbocycles. The third-order valence-electron chi connectivity index (χ3n) is 5.39. The number of nitrogens with two attached hydrogens (primary N) is 2. The summed E-state index contributed by atoms with van der Waals surface area (Å²) in [6, 6.07) is -0.387. The number of hydrogen-bond acceptors (Lipinski definition) is 12. The standard InChI is InChI=1S/C18H37N3O5.C12H20N2O7/c1-18(2,3)26-17(23)21-10-12-25-14-13-24-11-6-8-16(22)15(20)7-4-5-9-19;1-12(2,3)21-11(20)13-5-4-8(15)14(6-9(16)17)7-10(18)19/h15H,4-14,19-20H2,1-3H3,(H,21,23);4-7H2,1-3H3,(H,13,20)(H,16,17)(H,18,19)/t15-;/m0./s1. The Bertz CT molecular complexity index is 935. The Morgan fingerprint density at radius 3 is 1.66 bits per heavy atom. The van der Waals surface area contributed by atoms with Gasteiger partial charge in [-0.1, -0.05) is 6.42 Å². The molecule has 0 rings (SSSR count). The average Bonchev–Trinajstić information content (AvgIpc) is 2.91. The predicted molar refractivity (Wildman–Crippen MR) is 172 cm³/mol. The average molecular weight is 680 g/mol. The highest BCUT2D eigenvalue weighted by atomic mass is 16.6. The van der Waals surface area contributed by atoms with Gasteiger partial charge >= 0.3 is 24.1 Å². The van der Waals surface area contributed by atoms with Gasteiger partial charge in [0.15, 0.2) is 0 Å². The maximum Gasteiger partial charge on any atom is 0.407 e. The van der Waals surface area contributed by atoms with Crippen LogP contribution in [0, 0.1) is 0 Å². The van der Waals surface area contributed by atoms with E-state index in [1.165, 1.54) is 0 Å². The van der Waals surface area contributed by atoms with Gasteiger partial charge in [0.1, 0.15) is 30.1 Å². The number of rotatable bonds is 22. The Morgan fingerprint density at radius 2 is 1.19 bits per heavy atom. The zero-order valence-corrected chi connectivity index (χ0v) is 28.8. The number of Topliss-reactive ketones (excluding diaryl/α,β-unsaturated/α-hetero) is 1. The SMILES string of the molecule is CC(C)(C)OC(=O)NCCC(=O)N(CC(=O)O)CC(=O)O.CC(C)(C)OC(=O)NCCOCCOCCCC(=O)[C@@H](N)CCCCN. The Balaban J connectivity index is 0. The quantitative estimate of drug-likeness (QED) is 0.0880. The third-order valence-corrected chi connectivity index (χ3v) is 5.39. The molecule has 0 saturated heterocycles. The molecular weight excluding hydrogens is 622 g/mol. The van der Waals surface area contributed by atoms with Gasteiger partial charge in [-0.15, -0.1) is 0 Å². The van der Waals surface area contributed by atoms with Gasteiger partial charge in [0.25, 0.3) is 0 Å². The van der Waals surface area contributed by atoms with E-state index < -0.39 is 54.3 Å². The van der Waals surface area contributed by atoms with Crippen LogP contribution in [-0.2, 0) is 38.1 Å². The van der Waals surface area contributed by atoms with E-state index in [2.05, 4.69) is 10.6 Å². The van der Waals surface area contributed by atoms with Gasteiger partial charge in [-0.2, -0.15) is 0 Å². The molecule has 0 bridgehead atoms. The molecule has 17 heteroatoms. The molecule has 0 unspecified atom stereocenters. The van der Waals surface area contributed by atoms with E-state index in [1.54, 1.807) is 20.8 Å². The summed E-state index contributed by atoms with van der Waals surface area (Å²) >= 11 is 0. The number of ether oxygens (including phenoxy) is 4. The lowest BCUT2D eigenvalue weighted by Crippen LogP contribution is -2.41. The van der Waals surface area contributed by atoms with Crippen LogP contribution in [0.4, 0.5) is 9.59 Å². The van der Waals surface area contributed by atoms with Crippen LogP contribution in [-0.4, -0.2) is 127 Å². The van der Waals surface area contributed by atoms with Gasteiger partial charge in [0, 0.05) is 32.5 Å². The zero-order chi connectivity index (χ0) is 36.5. The molecule has 1 atom stereocenters. The third kappa shape index (κ3) is 32.2. The lowest BCUT2D eigenvalue weighted by molar-refractivity contribution is -0.149. The lowest BCUT2D eigenvalue weighted by Gasteiger charge is -2.20. The molecular formula is C30H57N5O12. The van der Waals surface area contributed by atoms with Crippen molar-refractivity contribution >= 4 is 35.8 Å². The van der Waals surface area contributed by atoms with E-state index in [9.17, 15) is 28.8 Å². The summed E-state index contributed by atoms with van der Waals surface area (Å²) in [5.41, 5.74) is 10.1. The van der Waals surface area contributed by atoms with Gasteiger partial charge in [0.05, 0.1) is 25.9 Å². The molecule has 47 heavy (non-hydrogen) atoms. The minimum atomic E-state index is -1.32. The van der Waals surface area contributed by atoms with Crippen LogP contribution in [0.1, 0.15) is 80.1 Å². The maximum absolute atomic E-state index is 11.8.